The molecule has 21 heavy (non-hydrogen) atoms. The van der Waals surface area contributed by atoms with Crippen LogP contribution in [0.15, 0.2) is 24.3 Å². The van der Waals surface area contributed by atoms with Gasteiger partial charge in [0, 0.05) is 45.0 Å². The smallest absolute Gasteiger partial charge is 0.0340 e. The third-order valence-corrected chi connectivity index (χ3v) is 5.09. The molecule has 1 aromatic rings. The van der Waals surface area contributed by atoms with Crippen LogP contribution in [0.25, 0.3) is 0 Å². The van der Waals surface area contributed by atoms with Gasteiger partial charge < -0.3 is 10.2 Å². The largest absolute Gasteiger partial charge is 0.384 e. The number of benzene rings is 1. The van der Waals surface area contributed by atoms with E-state index in [9.17, 15) is 0 Å². The molecule has 1 aromatic carbocycles. The van der Waals surface area contributed by atoms with Crippen LogP contribution in [-0.4, -0.2) is 56.1 Å². The molecule has 1 saturated heterocycles. The average molecular weight is 287 g/mol. The molecule has 0 bridgehead atoms. The lowest BCUT2D eigenvalue weighted by Crippen LogP contribution is -2.45. The first-order valence-corrected chi connectivity index (χ1v) is 8.56. The molecule has 0 amide bonds. The summed E-state index contributed by atoms with van der Waals surface area (Å²) in [6, 6.07) is 9.18. The van der Waals surface area contributed by atoms with Crippen LogP contribution in [0.3, 0.4) is 0 Å². The topological polar surface area (TPSA) is 18.5 Å². The quantitative estimate of drug-likeness (QED) is 0.898. The van der Waals surface area contributed by atoms with Crippen molar-refractivity contribution >= 4 is 5.69 Å². The molecule has 0 aromatic heterocycles. The van der Waals surface area contributed by atoms with E-state index < -0.39 is 0 Å². The highest BCUT2D eigenvalue weighted by molar-refractivity contribution is 5.45. The van der Waals surface area contributed by atoms with E-state index in [2.05, 4.69) is 46.4 Å². The van der Waals surface area contributed by atoms with Gasteiger partial charge in [-0.1, -0.05) is 25.0 Å². The van der Waals surface area contributed by atoms with E-state index in [0.29, 0.717) is 0 Å². The molecule has 0 atom stereocenters. The Balaban J connectivity index is 1.41. The van der Waals surface area contributed by atoms with Crippen LogP contribution in [-0.2, 0) is 0 Å². The lowest BCUT2D eigenvalue weighted by atomic mass is 9.98. The monoisotopic (exact) mass is 287 g/mol. The molecule has 3 heteroatoms. The fourth-order valence-electron chi connectivity index (χ4n) is 3.56. The zero-order valence-electron chi connectivity index (χ0n) is 13.4. The van der Waals surface area contributed by atoms with Crippen LogP contribution >= 0.6 is 0 Å². The average Bonchev–Trinajstić information content (AvgIpc) is 3.04. The maximum Gasteiger partial charge on any atom is 0.0340 e. The number of piperazine rings is 1. The Morgan fingerprint density at radius 1 is 1.00 bits per heavy atom. The van der Waals surface area contributed by atoms with Gasteiger partial charge in [0.25, 0.3) is 0 Å². The summed E-state index contributed by atoms with van der Waals surface area (Å²) < 4.78 is 0. The number of anilines is 1. The third kappa shape index (κ3) is 4.21. The summed E-state index contributed by atoms with van der Waals surface area (Å²) in [6.07, 6.45) is 5.59. The van der Waals surface area contributed by atoms with Crippen LogP contribution in [0.4, 0.5) is 5.69 Å². The second-order valence-corrected chi connectivity index (χ2v) is 6.68. The molecule has 3 rings (SSSR count). The molecule has 1 saturated carbocycles. The van der Waals surface area contributed by atoms with Crippen molar-refractivity contribution in [2.75, 3.05) is 51.6 Å². The van der Waals surface area contributed by atoms with Crippen LogP contribution in [0.2, 0.25) is 0 Å². The maximum absolute atomic E-state index is 3.57. The van der Waals surface area contributed by atoms with Crippen molar-refractivity contribution in [3.8, 4) is 0 Å². The zero-order chi connectivity index (χ0) is 14.5. The van der Waals surface area contributed by atoms with Gasteiger partial charge >= 0.3 is 0 Å². The first-order chi connectivity index (χ1) is 10.3. The summed E-state index contributed by atoms with van der Waals surface area (Å²) in [5.74, 6) is 0.824. The van der Waals surface area contributed by atoms with Crippen molar-refractivity contribution in [2.45, 2.75) is 31.6 Å². The zero-order valence-corrected chi connectivity index (χ0v) is 13.4. The number of hydrogen-bond acceptors (Lipinski definition) is 3. The molecule has 116 valence electrons. The predicted molar refractivity (Wildman–Crippen MR) is 90.1 cm³/mol. The Bertz CT molecular complexity index is 415. The van der Waals surface area contributed by atoms with Crippen molar-refractivity contribution in [3.63, 3.8) is 0 Å². The Labute approximate surface area is 129 Å². The summed E-state index contributed by atoms with van der Waals surface area (Å²) in [4.78, 5) is 4.96. The van der Waals surface area contributed by atoms with Gasteiger partial charge in [-0.2, -0.15) is 0 Å². The van der Waals surface area contributed by atoms with Gasteiger partial charge in [-0.25, -0.2) is 0 Å². The molecule has 0 radical (unpaired) electrons. The van der Waals surface area contributed by atoms with Gasteiger partial charge in [0.1, 0.15) is 0 Å². The van der Waals surface area contributed by atoms with Crippen LogP contribution in [0.1, 0.15) is 37.2 Å². The Kier molecular flexibility index (Phi) is 5.15. The van der Waals surface area contributed by atoms with Crippen molar-refractivity contribution < 1.29 is 0 Å². The number of hydrogen-bond donors (Lipinski definition) is 1. The summed E-state index contributed by atoms with van der Waals surface area (Å²) in [6.45, 7) is 7.02. The molecule has 1 aliphatic carbocycles. The second-order valence-electron chi connectivity index (χ2n) is 6.68. The van der Waals surface area contributed by atoms with Gasteiger partial charge in [0.15, 0.2) is 0 Å². The molecule has 1 N–H and O–H groups in total. The van der Waals surface area contributed by atoms with Crippen molar-refractivity contribution in [2.24, 2.45) is 0 Å². The van der Waals surface area contributed by atoms with Gasteiger partial charge in [0.05, 0.1) is 0 Å². The Hall–Kier alpha value is -1.06. The lowest BCUT2D eigenvalue weighted by molar-refractivity contribution is 0.158. The minimum Gasteiger partial charge on any atom is -0.384 e. The molecule has 0 unspecified atom stereocenters. The molecular formula is C18H29N3. The molecular weight excluding hydrogens is 258 g/mol. The number of nitrogens with zero attached hydrogens (tertiary/aromatic N) is 2. The fraction of sp³-hybridized carbons (Fsp3) is 0.667. The molecule has 2 fully saturated rings. The lowest BCUT2D eigenvalue weighted by Gasteiger charge is -2.32. The summed E-state index contributed by atoms with van der Waals surface area (Å²) in [5, 5.41) is 3.57. The van der Waals surface area contributed by atoms with Crippen molar-refractivity contribution in [3.05, 3.63) is 29.8 Å². The van der Waals surface area contributed by atoms with Crippen LogP contribution in [0, 0.1) is 0 Å². The second kappa shape index (κ2) is 7.28. The van der Waals surface area contributed by atoms with Crippen LogP contribution < -0.4 is 5.32 Å². The molecule has 0 spiro atoms. The fourth-order valence-corrected chi connectivity index (χ4v) is 3.56. The molecule has 2 aliphatic rings. The van der Waals surface area contributed by atoms with Gasteiger partial charge in [-0.15, -0.1) is 0 Å². The molecule has 3 nitrogen and oxygen atoms in total. The Morgan fingerprint density at radius 3 is 2.33 bits per heavy atom. The molecule has 1 heterocycles. The van der Waals surface area contributed by atoms with Gasteiger partial charge in [-0.3, -0.25) is 4.90 Å². The predicted octanol–water partition coefficient (Wildman–Crippen LogP) is 3.00. The first-order valence-electron chi connectivity index (χ1n) is 8.56. The number of likely N-dealkylation sites (N-methyl/N-ethyl adjacent to an activating group) is 1. The van der Waals surface area contributed by atoms with E-state index in [-0.39, 0.29) is 0 Å². The van der Waals surface area contributed by atoms with Crippen molar-refractivity contribution in [1.82, 2.24) is 9.80 Å². The highest BCUT2D eigenvalue weighted by atomic mass is 15.2. The molecule has 1 aliphatic heterocycles. The summed E-state index contributed by atoms with van der Waals surface area (Å²) >= 11 is 0. The van der Waals surface area contributed by atoms with E-state index in [1.165, 1.54) is 63.1 Å². The van der Waals surface area contributed by atoms with Gasteiger partial charge in [0.2, 0.25) is 0 Å². The van der Waals surface area contributed by atoms with E-state index in [0.717, 1.165) is 19.0 Å². The van der Waals surface area contributed by atoms with E-state index in [4.69, 9.17) is 0 Å². The minimum absolute atomic E-state index is 0.824. The van der Waals surface area contributed by atoms with Crippen LogP contribution in [0.5, 0.6) is 0 Å². The van der Waals surface area contributed by atoms with E-state index in [1.54, 1.807) is 0 Å². The normalized spacial score (nSPS) is 21.8. The van der Waals surface area contributed by atoms with Crippen molar-refractivity contribution in [1.29, 1.82) is 0 Å². The van der Waals surface area contributed by atoms with E-state index >= 15 is 0 Å². The number of nitrogens with one attached hydrogen (secondary N) is 1. The summed E-state index contributed by atoms with van der Waals surface area (Å²) in [7, 11) is 2.21. The standard InChI is InChI=1S/C18H29N3/c1-20-12-14-21(15-13-20)11-10-19-18-8-6-17(7-9-18)16-4-2-3-5-16/h6-9,16,19H,2-5,10-15H2,1H3. The number of rotatable bonds is 5. The van der Waals surface area contributed by atoms with Gasteiger partial charge in [-0.05, 0) is 43.5 Å². The summed E-state index contributed by atoms with van der Waals surface area (Å²) in [5.41, 5.74) is 2.81. The van der Waals surface area contributed by atoms with E-state index in [1.807, 2.05) is 0 Å². The SMILES string of the molecule is CN1CCN(CCNc2ccc(C3CCCC3)cc2)CC1. The minimum atomic E-state index is 0.824. The highest BCUT2D eigenvalue weighted by Gasteiger charge is 2.16. The third-order valence-electron chi connectivity index (χ3n) is 5.09. The Morgan fingerprint density at radius 2 is 1.67 bits per heavy atom. The maximum atomic E-state index is 3.57. The first kappa shape index (κ1) is 14.9. The highest BCUT2D eigenvalue weighted by Crippen LogP contribution is 2.34.